The molecule has 0 radical (unpaired) electrons. The molecule has 0 spiro atoms. The highest BCUT2D eigenvalue weighted by Gasteiger charge is 2.25. The highest BCUT2D eigenvalue weighted by molar-refractivity contribution is 6.33. The summed E-state index contributed by atoms with van der Waals surface area (Å²) in [5.41, 5.74) is 6.83. The first-order chi connectivity index (χ1) is 9.21. The lowest BCUT2D eigenvalue weighted by Gasteiger charge is -2.15. The highest BCUT2D eigenvalue weighted by atomic mass is 35.5. The zero-order valence-corrected chi connectivity index (χ0v) is 12.2. The monoisotopic (exact) mass is 294 g/mol. The van der Waals surface area contributed by atoms with E-state index in [1.165, 1.54) is 16.8 Å². The first kappa shape index (κ1) is 14.3. The van der Waals surface area contributed by atoms with Crippen LogP contribution in [-0.2, 0) is 5.41 Å². The Labute approximate surface area is 121 Å². The zero-order chi connectivity index (χ0) is 15.1. The third-order valence-corrected chi connectivity index (χ3v) is 3.23. The van der Waals surface area contributed by atoms with Gasteiger partial charge in [-0.2, -0.15) is 5.10 Å². The summed E-state index contributed by atoms with van der Waals surface area (Å²) in [6.45, 7) is 5.91. The number of aromatic nitrogens is 2. The molecular formula is C13H15ClN4O2. The topological polar surface area (TPSA) is 87.0 Å². The molecule has 7 heteroatoms. The number of halogens is 1. The van der Waals surface area contributed by atoms with Gasteiger partial charge in [-0.3, -0.25) is 10.1 Å². The van der Waals surface area contributed by atoms with Gasteiger partial charge in [0.2, 0.25) is 0 Å². The molecule has 106 valence electrons. The lowest BCUT2D eigenvalue weighted by Crippen LogP contribution is -2.13. The largest absolute Gasteiger partial charge is 0.382 e. The average Bonchev–Trinajstić information content (AvgIpc) is 2.66. The number of benzene rings is 1. The van der Waals surface area contributed by atoms with Crippen molar-refractivity contribution in [3.63, 3.8) is 0 Å². The Hall–Kier alpha value is -2.08. The molecular weight excluding hydrogens is 280 g/mol. The van der Waals surface area contributed by atoms with Gasteiger partial charge in [0.15, 0.2) is 0 Å². The van der Waals surface area contributed by atoms with E-state index in [1.54, 1.807) is 12.1 Å². The lowest BCUT2D eigenvalue weighted by molar-refractivity contribution is -0.384. The van der Waals surface area contributed by atoms with Crippen LogP contribution < -0.4 is 5.73 Å². The minimum absolute atomic E-state index is 0.0224. The van der Waals surface area contributed by atoms with Gasteiger partial charge in [-0.15, -0.1) is 0 Å². The zero-order valence-electron chi connectivity index (χ0n) is 11.4. The first-order valence-corrected chi connectivity index (χ1v) is 6.39. The number of hydrogen-bond acceptors (Lipinski definition) is 4. The Kier molecular flexibility index (Phi) is 3.43. The van der Waals surface area contributed by atoms with Crippen molar-refractivity contribution in [2.45, 2.75) is 26.2 Å². The van der Waals surface area contributed by atoms with Crippen molar-refractivity contribution in [1.82, 2.24) is 9.78 Å². The number of nitrogens with zero attached hydrogens (tertiary/aromatic N) is 3. The summed E-state index contributed by atoms with van der Waals surface area (Å²) >= 11 is 6.21. The summed E-state index contributed by atoms with van der Waals surface area (Å²) in [4.78, 5) is 10.4. The molecule has 0 saturated carbocycles. The second-order valence-electron chi connectivity index (χ2n) is 5.49. The van der Waals surface area contributed by atoms with Crippen LogP contribution in [0.25, 0.3) is 5.69 Å². The molecule has 0 unspecified atom stereocenters. The molecule has 0 aliphatic heterocycles. The molecule has 0 fully saturated rings. The van der Waals surface area contributed by atoms with Gasteiger partial charge in [0.25, 0.3) is 5.69 Å². The van der Waals surface area contributed by atoms with Crippen molar-refractivity contribution in [2.24, 2.45) is 0 Å². The van der Waals surface area contributed by atoms with E-state index in [9.17, 15) is 10.1 Å². The van der Waals surface area contributed by atoms with Crippen LogP contribution in [0.4, 0.5) is 11.5 Å². The molecule has 0 bridgehead atoms. The Bertz CT molecular complexity index is 673. The number of anilines is 1. The fourth-order valence-electron chi connectivity index (χ4n) is 1.83. The van der Waals surface area contributed by atoms with E-state index in [-0.39, 0.29) is 16.9 Å². The summed E-state index contributed by atoms with van der Waals surface area (Å²) in [5, 5.41) is 15.6. The molecule has 0 atom stereocenters. The minimum atomic E-state index is -0.463. The van der Waals surface area contributed by atoms with E-state index < -0.39 is 4.92 Å². The molecule has 0 aliphatic carbocycles. The SMILES string of the molecule is CC(C)(C)c1nn(-c2cccc([N+](=O)[O-])c2)c(N)c1Cl. The van der Waals surface area contributed by atoms with Gasteiger partial charge in [0, 0.05) is 17.5 Å². The van der Waals surface area contributed by atoms with Crippen LogP contribution in [0.5, 0.6) is 0 Å². The maximum Gasteiger partial charge on any atom is 0.271 e. The van der Waals surface area contributed by atoms with E-state index in [0.717, 1.165) is 0 Å². The smallest absolute Gasteiger partial charge is 0.271 e. The molecule has 2 N–H and O–H groups in total. The van der Waals surface area contributed by atoms with Crippen molar-refractivity contribution in [3.8, 4) is 5.69 Å². The van der Waals surface area contributed by atoms with Gasteiger partial charge < -0.3 is 5.73 Å². The molecule has 1 heterocycles. The maximum atomic E-state index is 10.8. The maximum absolute atomic E-state index is 10.8. The van der Waals surface area contributed by atoms with Gasteiger partial charge in [-0.1, -0.05) is 38.4 Å². The molecule has 2 aromatic rings. The fourth-order valence-corrected chi connectivity index (χ4v) is 2.23. The van der Waals surface area contributed by atoms with E-state index >= 15 is 0 Å². The third-order valence-electron chi connectivity index (χ3n) is 2.86. The number of nitro groups is 1. The number of nitrogen functional groups attached to an aromatic ring is 1. The van der Waals surface area contributed by atoms with E-state index in [1.807, 2.05) is 20.8 Å². The second kappa shape index (κ2) is 4.79. The Balaban J connectivity index is 2.59. The van der Waals surface area contributed by atoms with Gasteiger partial charge in [0.1, 0.15) is 10.8 Å². The lowest BCUT2D eigenvalue weighted by atomic mass is 9.92. The van der Waals surface area contributed by atoms with Crippen molar-refractivity contribution in [1.29, 1.82) is 0 Å². The standard InChI is InChI=1S/C13H15ClN4O2/c1-13(2,3)11-10(14)12(15)17(16-11)8-5-4-6-9(7-8)18(19)20/h4-7H,15H2,1-3H3. The Morgan fingerprint density at radius 2 is 2.05 bits per heavy atom. The molecule has 20 heavy (non-hydrogen) atoms. The predicted octanol–water partition coefficient (Wildman–Crippen LogP) is 3.31. The summed E-state index contributed by atoms with van der Waals surface area (Å²) in [5.74, 6) is 0.275. The third kappa shape index (κ3) is 2.46. The second-order valence-corrected chi connectivity index (χ2v) is 5.86. The number of nitro benzene ring substituents is 1. The number of hydrogen-bond donors (Lipinski definition) is 1. The average molecular weight is 295 g/mol. The van der Waals surface area contributed by atoms with Crippen LogP contribution in [0.1, 0.15) is 26.5 Å². The first-order valence-electron chi connectivity index (χ1n) is 6.01. The van der Waals surface area contributed by atoms with Gasteiger partial charge >= 0.3 is 0 Å². The summed E-state index contributed by atoms with van der Waals surface area (Å²) in [6, 6.07) is 6.10. The summed E-state index contributed by atoms with van der Waals surface area (Å²) in [7, 11) is 0. The molecule has 0 aliphatic rings. The molecule has 2 rings (SSSR count). The molecule has 0 saturated heterocycles. The van der Waals surface area contributed by atoms with Gasteiger partial charge in [-0.05, 0) is 6.07 Å². The number of nitrogens with two attached hydrogens (primary N) is 1. The van der Waals surface area contributed by atoms with Crippen LogP contribution in [0.2, 0.25) is 5.02 Å². The molecule has 1 aromatic carbocycles. The fraction of sp³-hybridized carbons (Fsp3) is 0.308. The Morgan fingerprint density at radius 1 is 1.40 bits per heavy atom. The predicted molar refractivity (Wildman–Crippen MR) is 78.3 cm³/mol. The van der Waals surface area contributed by atoms with Crippen molar-refractivity contribution < 1.29 is 4.92 Å². The minimum Gasteiger partial charge on any atom is -0.382 e. The highest BCUT2D eigenvalue weighted by Crippen LogP contribution is 2.34. The van der Waals surface area contributed by atoms with Gasteiger partial charge in [0.05, 0.1) is 16.3 Å². The quantitative estimate of drug-likeness (QED) is 0.680. The van der Waals surface area contributed by atoms with E-state index in [0.29, 0.717) is 16.4 Å². The summed E-state index contributed by atoms with van der Waals surface area (Å²) in [6.07, 6.45) is 0. The van der Waals surface area contributed by atoms with Crippen LogP contribution in [0.15, 0.2) is 24.3 Å². The van der Waals surface area contributed by atoms with Crippen LogP contribution >= 0.6 is 11.6 Å². The van der Waals surface area contributed by atoms with Crippen LogP contribution in [0, 0.1) is 10.1 Å². The van der Waals surface area contributed by atoms with E-state index in [4.69, 9.17) is 17.3 Å². The molecule has 6 nitrogen and oxygen atoms in total. The summed E-state index contributed by atoms with van der Waals surface area (Å²) < 4.78 is 1.43. The molecule has 1 aromatic heterocycles. The molecule has 0 amide bonds. The van der Waals surface area contributed by atoms with Crippen molar-refractivity contribution in [2.75, 3.05) is 5.73 Å². The van der Waals surface area contributed by atoms with Crippen LogP contribution in [0.3, 0.4) is 0 Å². The van der Waals surface area contributed by atoms with Crippen molar-refractivity contribution >= 4 is 23.1 Å². The Morgan fingerprint density at radius 3 is 2.55 bits per heavy atom. The van der Waals surface area contributed by atoms with Crippen molar-refractivity contribution in [3.05, 3.63) is 45.1 Å². The van der Waals surface area contributed by atoms with E-state index in [2.05, 4.69) is 5.10 Å². The van der Waals surface area contributed by atoms with Gasteiger partial charge in [-0.25, -0.2) is 4.68 Å². The van der Waals surface area contributed by atoms with Crippen LogP contribution in [-0.4, -0.2) is 14.7 Å². The number of non-ortho nitro benzene ring substituents is 1. The normalized spacial score (nSPS) is 11.6. The number of rotatable bonds is 2.